The molecule has 1 unspecified atom stereocenters. The molecule has 0 rings (SSSR count). The van der Waals surface area contributed by atoms with Gasteiger partial charge in [0.2, 0.25) is 7.37 Å². The predicted octanol–water partition coefficient (Wildman–Crippen LogP) is 7.64. The van der Waals surface area contributed by atoms with Crippen molar-refractivity contribution in [3.63, 3.8) is 0 Å². The van der Waals surface area contributed by atoms with Crippen LogP contribution >= 0.6 is 7.37 Å². The van der Waals surface area contributed by atoms with Gasteiger partial charge in [0.05, 0.1) is 6.61 Å². The van der Waals surface area contributed by atoms with Gasteiger partial charge in [-0.3, -0.25) is 4.57 Å². The van der Waals surface area contributed by atoms with E-state index >= 15 is 0 Å². The summed E-state index contributed by atoms with van der Waals surface area (Å²) in [6.45, 7) is 5.96. The molecule has 0 aliphatic heterocycles. The van der Waals surface area contributed by atoms with Gasteiger partial charge < -0.3 is 9.63 Å². The number of esters is 1. The molecule has 29 heavy (non-hydrogen) atoms. The van der Waals surface area contributed by atoms with Crippen LogP contribution < -0.4 is 0 Å². The summed E-state index contributed by atoms with van der Waals surface area (Å²) in [6.07, 6.45) is 22.4. The molecule has 0 fully saturated rings. The summed E-state index contributed by atoms with van der Waals surface area (Å²) in [4.78, 5) is 20.9. The molecule has 0 spiro atoms. The fourth-order valence-corrected chi connectivity index (χ4v) is 5.19. The van der Waals surface area contributed by atoms with Gasteiger partial charge in [0.25, 0.3) is 0 Å². The highest BCUT2D eigenvalue weighted by molar-refractivity contribution is 7.57. The van der Waals surface area contributed by atoms with Gasteiger partial charge in [-0.05, 0) is 25.7 Å². The Morgan fingerprint density at radius 3 is 1.55 bits per heavy atom. The molecule has 1 N–H and O–H groups in total. The van der Waals surface area contributed by atoms with Crippen LogP contribution in [-0.2, 0) is 14.1 Å². The van der Waals surface area contributed by atoms with Crippen LogP contribution in [0.1, 0.15) is 116 Å². The first kappa shape index (κ1) is 28.4. The third kappa shape index (κ3) is 21.9. The lowest BCUT2D eigenvalue weighted by atomic mass is 10.0. The Balaban J connectivity index is 3.34. The number of hydrogen-bond donors (Lipinski definition) is 1. The van der Waals surface area contributed by atoms with Crippen LogP contribution in [0.25, 0.3) is 0 Å². The van der Waals surface area contributed by atoms with E-state index in [1.54, 1.807) is 0 Å². The average molecular weight is 431 g/mol. The molecule has 1 atom stereocenters. The van der Waals surface area contributed by atoms with Gasteiger partial charge in [-0.1, -0.05) is 97.0 Å². The Bertz CT molecular complexity index is 437. The van der Waals surface area contributed by atoms with Gasteiger partial charge in [0.15, 0.2) is 0 Å². The summed E-state index contributed by atoms with van der Waals surface area (Å²) in [7, 11) is -2.97. The second kappa shape index (κ2) is 20.7. The van der Waals surface area contributed by atoms with Crippen molar-refractivity contribution < 1.29 is 19.0 Å². The molecule has 0 aliphatic rings. The first-order chi connectivity index (χ1) is 14.0. The fourth-order valence-electron chi connectivity index (χ4n) is 3.53. The Kier molecular flexibility index (Phi) is 20.2. The van der Waals surface area contributed by atoms with Gasteiger partial charge in [0, 0.05) is 18.4 Å². The quantitative estimate of drug-likeness (QED) is 0.0829. The minimum absolute atomic E-state index is 0.361. The number of carbonyl (C=O) groups is 1. The number of hydrogen-bond acceptors (Lipinski definition) is 3. The van der Waals surface area contributed by atoms with Gasteiger partial charge in [-0.25, -0.2) is 4.79 Å². The highest BCUT2D eigenvalue weighted by Crippen LogP contribution is 2.42. The molecule has 4 nitrogen and oxygen atoms in total. The van der Waals surface area contributed by atoms with Gasteiger partial charge in [-0.15, -0.1) is 0 Å². The van der Waals surface area contributed by atoms with E-state index in [4.69, 9.17) is 4.74 Å². The molecule has 0 heterocycles. The Morgan fingerprint density at radius 2 is 1.14 bits per heavy atom. The highest BCUT2D eigenvalue weighted by Gasteiger charge is 2.16. The molecule has 0 aromatic carbocycles. The van der Waals surface area contributed by atoms with E-state index in [1.807, 2.05) is 0 Å². The second-order valence-corrected chi connectivity index (χ2v) is 10.9. The maximum Gasteiger partial charge on any atom is 0.330 e. The lowest BCUT2D eigenvalue weighted by Crippen LogP contribution is -2.02. The molecule has 0 aliphatic carbocycles. The second-order valence-electron chi connectivity index (χ2n) is 8.32. The first-order valence-corrected chi connectivity index (χ1v) is 14.1. The third-order valence-corrected chi connectivity index (χ3v) is 7.45. The molecule has 0 radical (unpaired) electrons. The van der Waals surface area contributed by atoms with E-state index < -0.39 is 13.3 Å². The van der Waals surface area contributed by atoms with Crippen LogP contribution in [0.5, 0.6) is 0 Å². The summed E-state index contributed by atoms with van der Waals surface area (Å²) < 4.78 is 17.1. The largest absolute Gasteiger partial charge is 0.463 e. The molecule has 0 aromatic heterocycles. The lowest BCUT2D eigenvalue weighted by molar-refractivity contribution is -0.137. The Labute approximate surface area is 180 Å². The van der Waals surface area contributed by atoms with E-state index in [0.29, 0.717) is 18.9 Å². The zero-order chi connectivity index (χ0) is 21.6. The van der Waals surface area contributed by atoms with Crippen LogP contribution in [0, 0.1) is 0 Å². The minimum Gasteiger partial charge on any atom is -0.463 e. The zero-order valence-corrected chi connectivity index (χ0v) is 19.9. The normalized spacial score (nSPS) is 13.2. The summed E-state index contributed by atoms with van der Waals surface area (Å²) in [5.74, 6) is -0.407. The van der Waals surface area contributed by atoms with Crippen molar-refractivity contribution in [3.05, 3.63) is 12.7 Å². The maximum atomic E-state index is 12.2. The van der Waals surface area contributed by atoms with E-state index in [2.05, 4.69) is 13.5 Å². The van der Waals surface area contributed by atoms with Crippen molar-refractivity contribution in [2.75, 3.05) is 18.9 Å². The number of unbranched alkanes of at least 4 members (excludes halogenated alkanes) is 15. The molecule has 0 amide bonds. The van der Waals surface area contributed by atoms with Crippen molar-refractivity contribution >= 4 is 13.3 Å². The van der Waals surface area contributed by atoms with E-state index in [1.165, 1.54) is 77.0 Å². The molecule has 0 saturated carbocycles. The number of carbonyl (C=O) groups excluding carboxylic acids is 1. The van der Waals surface area contributed by atoms with Crippen LogP contribution in [0.3, 0.4) is 0 Å². The Morgan fingerprint density at radius 1 is 0.759 bits per heavy atom. The van der Waals surface area contributed by atoms with E-state index in [9.17, 15) is 14.3 Å². The molecule has 0 saturated heterocycles. The molecule has 172 valence electrons. The zero-order valence-electron chi connectivity index (χ0n) is 19.0. The smallest absolute Gasteiger partial charge is 0.330 e. The molecular formula is C24H47O4P. The summed E-state index contributed by atoms with van der Waals surface area (Å²) in [5, 5.41) is 0. The van der Waals surface area contributed by atoms with Gasteiger partial charge in [0.1, 0.15) is 0 Å². The van der Waals surface area contributed by atoms with Gasteiger partial charge >= 0.3 is 5.97 Å². The van der Waals surface area contributed by atoms with Crippen LogP contribution in [-0.4, -0.2) is 29.8 Å². The van der Waals surface area contributed by atoms with Crippen LogP contribution in [0.4, 0.5) is 0 Å². The van der Waals surface area contributed by atoms with Crippen molar-refractivity contribution in [1.82, 2.24) is 0 Å². The highest BCUT2D eigenvalue weighted by atomic mass is 31.2. The standard InChI is InChI=1S/C24H47O4P/c1-3-5-6-7-8-9-10-11-12-13-14-15-16-19-22-29(26,27)23-20-17-18-21-28-24(25)4-2/h4H,2-3,5-23H2,1H3,(H,26,27). The molecule has 5 heteroatoms. The third-order valence-electron chi connectivity index (χ3n) is 5.42. The van der Waals surface area contributed by atoms with Crippen molar-refractivity contribution in [1.29, 1.82) is 0 Å². The molecule has 0 aromatic rings. The molecule has 0 bridgehead atoms. The number of ether oxygens (including phenoxy) is 1. The fraction of sp³-hybridized carbons (Fsp3) is 0.875. The van der Waals surface area contributed by atoms with Crippen LogP contribution in [0.15, 0.2) is 12.7 Å². The topological polar surface area (TPSA) is 63.6 Å². The lowest BCUT2D eigenvalue weighted by Gasteiger charge is -2.11. The monoisotopic (exact) mass is 430 g/mol. The van der Waals surface area contributed by atoms with E-state index in [-0.39, 0.29) is 0 Å². The van der Waals surface area contributed by atoms with Crippen molar-refractivity contribution in [2.24, 2.45) is 0 Å². The Hall–Kier alpha value is -0.600. The van der Waals surface area contributed by atoms with Crippen LogP contribution in [0.2, 0.25) is 0 Å². The van der Waals surface area contributed by atoms with Crippen molar-refractivity contribution in [2.45, 2.75) is 116 Å². The minimum atomic E-state index is -2.97. The SMILES string of the molecule is C=CC(=O)OCCCCCP(=O)(O)CCCCCCCCCCCCCCCC. The van der Waals surface area contributed by atoms with Gasteiger partial charge in [-0.2, -0.15) is 0 Å². The number of rotatable bonds is 22. The van der Waals surface area contributed by atoms with E-state index in [0.717, 1.165) is 38.2 Å². The molecular weight excluding hydrogens is 383 g/mol. The summed E-state index contributed by atoms with van der Waals surface area (Å²) >= 11 is 0. The maximum absolute atomic E-state index is 12.2. The summed E-state index contributed by atoms with van der Waals surface area (Å²) in [6, 6.07) is 0. The first-order valence-electron chi connectivity index (χ1n) is 12.1. The average Bonchev–Trinajstić information content (AvgIpc) is 2.70. The predicted molar refractivity (Wildman–Crippen MR) is 125 cm³/mol. The van der Waals surface area contributed by atoms with Crippen molar-refractivity contribution in [3.8, 4) is 0 Å². The summed E-state index contributed by atoms with van der Waals surface area (Å²) in [5.41, 5.74) is 0.